The van der Waals surface area contributed by atoms with Crippen LogP contribution >= 0.6 is 22.6 Å². The van der Waals surface area contributed by atoms with Crippen molar-refractivity contribution in [1.82, 2.24) is 9.38 Å². The molecule has 0 unspecified atom stereocenters. The SMILES string of the molecule is [2H]C([2H])([2H])c1ccn2c(=O)c(I)c(C(F)(F)F)nc2c1. The minimum Gasteiger partial charge on any atom is -0.268 e. The molecule has 0 saturated carbocycles. The summed E-state index contributed by atoms with van der Waals surface area (Å²) in [4.78, 5) is 15.2. The first-order valence-corrected chi connectivity index (χ1v) is 5.39. The number of hydrogen-bond donors (Lipinski definition) is 0. The summed E-state index contributed by atoms with van der Waals surface area (Å²) in [6.45, 7) is -2.49. The van der Waals surface area contributed by atoms with E-state index < -0.39 is 27.9 Å². The van der Waals surface area contributed by atoms with Gasteiger partial charge in [0, 0.05) is 10.3 Å². The summed E-state index contributed by atoms with van der Waals surface area (Å²) in [6, 6.07) is 2.12. The molecular formula is C10H6F3IN2O. The van der Waals surface area contributed by atoms with Crippen LogP contribution in [0.5, 0.6) is 0 Å². The number of pyridine rings is 1. The molecule has 0 atom stereocenters. The topological polar surface area (TPSA) is 34.4 Å². The highest BCUT2D eigenvalue weighted by molar-refractivity contribution is 14.1. The molecule has 17 heavy (non-hydrogen) atoms. The minimum absolute atomic E-state index is 0.182. The van der Waals surface area contributed by atoms with Crippen molar-refractivity contribution in [2.75, 3.05) is 0 Å². The number of alkyl halides is 3. The lowest BCUT2D eigenvalue weighted by molar-refractivity contribution is -0.141. The molecular weight excluding hydrogens is 348 g/mol. The van der Waals surface area contributed by atoms with Crippen molar-refractivity contribution in [3.63, 3.8) is 0 Å². The van der Waals surface area contributed by atoms with E-state index >= 15 is 0 Å². The van der Waals surface area contributed by atoms with Crippen LogP contribution in [0.15, 0.2) is 23.1 Å². The third kappa shape index (κ3) is 2.15. The zero-order valence-electron chi connectivity index (χ0n) is 11.0. The Morgan fingerprint density at radius 2 is 2.24 bits per heavy atom. The Balaban J connectivity index is 2.83. The quantitative estimate of drug-likeness (QED) is 0.680. The number of hydrogen-bond acceptors (Lipinski definition) is 2. The van der Waals surface area contributed by atoms with E-state index in [1.54, 1.807) is 0 Å². The lowest BCUT2D eigenvalue weighted by atomic mass is 10.3. The summed E-state index contributed by atoms with van der Waals surface area (Å²) in [7, 11) is 0. The van der Waals surface area contributed by atoms with Crippen molar-refractivity contribution in [3.05, 3.63) is 43.5 Å². The van der Waals surface area contributed by atoms with Crippen LogP contribution < -0.4 is 5.56 Å². The molecule has 2 aromatic rings. The van der Waals surface area contributed by atoms with Crippen molar-refractivity contribution in [2.45, 2.75) is 13.0 Å². The first kappa shape index (κ1) is 8.90. The lowest BCUT2D eigenvalue weighted by Gasteiger charge is -2.09. The molecule has 3 nitrogen and oxygen atoms in total. The molecule has 0 amide bonds. The third-order valence-electron chi connectivity index (χ3n) is 2.04. The van der Waals surface area contributed by atoms with Gasteiger partial charge < -0.3 is 0 Å². The average Bonchev–Trinajstić information content (AvgIpc) is 2.30. The van der Waals surface area contributed by atoms with Gasteiger partial charge in [0.2, 0.25) is 0 Å². The molecule has 0 spiro atoms. The summed E-state index contributed by atoms with van der Waals surface area (Å²) in [5.41, 5.74) is -2.74. The Morgan fingerprint density at radius 3 is 2.82 bits per heavy atom. The Kier molecular flexibility index (Phi) is 2.08. The maximum atomic E-state index is 12.8. The summed E-state index contributed by atoms with van der Waals surface area (Å²) in [5, 5.41) is 0. The normalized spacial score (nSPS) is 15.4. The summed E-state index contributed by atoms with van der Waals surface area (Å²) in [6.07, 6.45) is -3.67. The molecule has 0 aliphatic rings. The highest BCUT2D eigenvalue weighted by Gasteiger charge is 2.36. The van der Waals surface area contributed by atoms with Crippen LogP contribution in [-0.4, -0.2) is 9.38 Å². The van der Waals surface area contributed by atoms with Gasteiger partial charge in [-0.2, -0.15) is 13.2 Å². The van der Waals surface area contributed by atoms with Crippen molar-refractivity contribution < 1.29 is 17.3 Å². The van der Waals surface area contributed by atoms with Crippen LogP contribution in [0.3, 0.4) is 0 Å². The van der Waals surface area contributed by atoms with Crippen molar-refractivity contribution >= 4 is 28.2 Å². The zero-order chi connectivity index (χ0) is 15.3. The van der Waals surface area contributed by atoms with Gasteiger partial charge in [0.15, 0.2) is 5.69 Å². The lowest BCUT2D eigenvalue weighted by Crippen LogP contribution is -2.24. The van der Waals surface area contributed by atoms with E-state index in [4.69, 9.17) is 4.11 Å². The summed E-state index contributed by atoms with van der Waals surface area (Å²) in [5.74, 6) is 0. The van der Waals surface area contributed by atoms with Crippen LogP contribution in [0.1, 0.15) is 15.4 Å². The second-order valence-electron chi connectivity index (χ2n) is 3.22. The fourth-order valence-corrected chi connectivity index (χ4v) is 1.99. The summed E-state index contributed by atoms with van der Waals surface area (Å²) >= 11 is 1.28. The molecule has 0 bridgehead atoms. The van der Waals surface area contributed by atoms with E-state index in [0.717, 1.165) is 22.7 Å². The minimum atomic E-state index is -4.78. The molecule has 2 rings (SSSR count). The van der Waals surface area contributed by atoms with Gasteiger partial charge in [0.1, 0.15) is 9.22 Å². The van der Waals surface area contributed by atoms with Gasteiger partial charge in [0.25, 0.3) is 5.56 Å². The number of halogens is 4. The Morgan fingerprint density at radius 1 is 1.53 bits per heavy atom. The molecule has 0 fully saturated rings. The number of aromatic nitrogens is 2. The van der Waals surface area contributed by atoms with Crippen LogP contribution in [0.4, 0.5) is 13.2 Å². The van der Waals surface area contributed by atoms with Crippen molar-refractivity contribution in [1.29, 1.82) is 0 Å². The molecule has 2 heterocycles. The second-order valence-corrected chi connectivity index (χ2v) is 4.30. The Hall–Kier alpha value is -1.12. The van der Waals surface area contributed by atoms with Gasteiger partial charge in [-0.05, 0) is 47.1 Å². The molecule has 2 aromatic heterocycles. The molecule has 0 aromatic carbocycles. The van der Waals surface area contributed by atoms with Gasteiger partial charge in [-0.3, -0.25) is 9.20 Å². The number of fused-ring (bicyclic) bond motifs is 1. The second kappa shape index (κ2) is 3.97. The molecule has 0 N–H and O–H groups in total. The highest BCUT2D eigenvalue weighted by atomic mass is 127. The Labute approximate surface area is 112 Å². The van der Waals surface area contributed by atoms with E-state index in [2.05, 4.69) is 4.98 Å². The fourth-order valence-electron chi connectivity index (χ4n) is 1.30. The van der Waals surface area contributed by atoms with Crippen molar-refractivity contribution in [3.8, 4) is 0 Å². The third-order valence-corrected chi connectivity index (χ3v) is 3.02. The first-order valence-electron chi connectivity index (χ1n) is 5.81. The van der Waals surface area contributed by atoms with Crippen LogP contribution in [0.2, 0.25) is 0 Å². The first-order chi connectivity index (χ1) is 9.01. The number of nitrogens with zero attached hydrogens (tertiary/aromatic N) is 2. The van der Waals surface area contributed by atoms with Gasteiger partial charge in [-0.25, -0.2) is 4.98 Å². The zero-order valence-corrected chi connectivity index (χ0v) is 10.2. The van der Waals surface area contributed by atoms with Crippen LogP contribution in [0, 0.1) is 10.4 Å². The summed E-state index contributed by atoms with van der Waals surface area (Å²) < 4.78 is 60.3. The molecule has 90 valence electrons. The van der Waals surface area contributed by atoms with Crippen LogP contribution in [0.25, 0.3) is 5.65 Å². The average molecular weight is 357 g/mol. The molecule has 0 radical (unpaired) electrons. The number of rotatable bonds is 0. The van der Waals surface area contributed by atoms with E-state index in [-0.39, 0.29) is 11.2 Å². The predicted molar refractivity (Wildman–Crippen MR) is 63.9 cm³/mol. The number of aryl methyl sites for hydroxylation is 1. The van der Waals surface area contributed by atoms with E-state index in [9.17, 15) is 18.0 Å². The monoisotopic (exact) mass is 357 g/mol. The molecule has 0 aliphatic carbocycles. The molecule has 0 aliphatic heterocycles. The molecule has 7 heteroatoms. The van der Waals surface area contributed by atoms with Gasteiger partial charge in [0.05, 0.1) is 0 Å². The van der Waals surface area contributed by atoms with E-state index in [1.807, 2.05) is 0 Å². The highest BCUT2D eigenvalue weighted by Crippen LogP contribution is 2.30. The Bertz CT molecular complexity index is 739. The van der Waals surface area contributed by atoms with Gasteiger partial charge >= 0.3 is 6.18 Å². The van der Waals surface area contributed by atoms with E-state index in [0.29, 0.717) is 0 Å². The maximum absolute atomic E-state index is 12.8. The van der Waals surface area contributed by atoms with Crippen molar-refractivity contribution in [2.24, 2.45) is 0 Å². The van der Waals surface area contributed by atoms with Gasteiger partial charge in [-0.15, -0.1) is 0 Å². The smallest absolute Gasteiger partial charge is 0.268 e. The van der Waals surface area contributed by atoms with Crippen LogP contribution in [-0.2, 0) is 6.18 Å². The fraction of sp³-hybridized carbons (Fsp3) is 0.200. The van der Waals surface area contributed by atoms with Gasteiger partial charge in [-0.1, -0.05) is 0 Å². The van der Waals surface area contributed by atoms with E-state index in [1.165, 1.54) is 22.6 Å². The molecule has 0 saturated heterocycles. The standard InChI is InChI=1S/C10H6F3IN2O/c1-5-2-3-16-6(4-5)15-8(10(11,12)13)7(14)9(16)17/h2-4H,1H3/i1D3. The predicted octanol–water partition coefficient (Wildman–Crippen LogP) is 2.63. The maximum Gasteiger partial charge on any atom is 0.434 e. The largest absolute Gasteiger partial charge is 0.434 e.